The van der Waals surface area contributed by atoms with Gasteiger partial charge in [-0.1, -0.05) is 0 Å². The smallest absolute Gasteiger partial charge is 0.238 e. The van der Waals surface area contributed by atoms with Crippen LogP contribution in [0.4, 0.5) is 0 Å². The SMILES string of the molecule is CCOCCCN1C(=O)CNC1c1ccsc1. The van der Waals surface area contributed by atoms with Crippen molar-refractivity contribution in [2.24, 2.45) is 0 Å². The Labute approximate surface area is 106 Å². The van der Waals surface area contributed by atoms with Crippen LogP contribution in [0.5, 0.6) is 0 Å². The number of nitrogens with zero attached hydrogens (tertiary/aromatic N) is 1. The quantitative estimate of drug-likeness (QED) is 0.784. The van der Waals surface area contributed by atoms with Crippen molar-refractivity contribution in [2.75, 3.05) is 26.3 Å². The van der Waals surface area contributed by atoms with Gasteiger partial charge in [-0.15, -0.1) is 0 Å². The second-order valence-corrected chi connectivity index (χ2v) is 4.76. The van der Waals surface area contributed by atoms with E-state index in [-0.39, 0.29) is 12.1 Å². The number of rotatable bonds is 6. The van der Waals surface area contributed by atoms with Crippen LogP contribution in [0.2, 0.25) is 0 Å². The van der Waals surface area contributed by atoms with Gasteiger partial charge >= 0.3 is 0 Å². The van der Waals surface area contributed by atoms with Gasteiger partial charge in [0, 0.05) is 19.8 Å². The minimum atomic E-state index is 0.0513. The van der Waals surface area contributed by atoms with E-state index in [0.29, 0.717) is 6.54 Å². The normalized spacial score (nSPS) is 20.2. The Morgan fingerprint density at radius 2 is 2.53 bits per heavy atom. The Balaban J connectivity index is 1.90. The van der Waals surface area contributed by atoms with Crippen molar-refractivity contribution in [3.05, 3.63) is 22.4 Å². The Morgan fingerprint density at radius 3 is 3.24 bits per heavy atom. The van der Waals surface area contributed by atoms with E-state index >= 15 is 0 Å². The lowest BCUT2D eigenvalue weighted by molar-refractivity contribution is -0.128. The first kappa shape index (κ1) is 12.5. The fourth-order valence-corrected chi connectivity index (χ4v) is 2.68. The van der Waals surface area contributed by atoms with E-state index in [9.17, 15) is 4.79 Å². The monoisotopic (exact) mass is 254 g/mol. The molecule has 4 nitrogen and oxygen atoms in total. The first-order chi connectivity index (χ1) is 8.33. The summed E-state index contributed by atoms with van der Waals surface area (Å²) in [5, 5.41) is 7.37. The van der Waals surface area contributed by atoms with E-state index in [2.05, 4.69) is 16.8 Å². The van der Waals surface area contributed by atoms with E-state index in [0.717, 1.165) is 26.2 Å². The molecule has 0 aromatic carbocycles. The molecule has 1 aliphatic rings. The summed E-state index contributed by atoms with van der Waals surface area (Å²) in [5.41, 5.74) is 1.18. The Kier molecular flexibility index (Phi) is 4.53. The van der Waals surface area contributed by atoms with Crippen molar-refractivity contribution < 1.29 is 9.53 Å². The molecule has 0 radical (unpaired) electrons. The highest BCUT2D eigenvalue weighted by Gasteiger charge is 2.30. The molecule has 1 atom stereocenters. The summed E-state index contributed by atoms with van der Waals surface area (Å²) in [6, 6.07) is 2.07. The van der Waals surface area contributed by atoms with Crippen LogP contribution in [0.3, 0.4) is 0 Å². The van der Waals surface area contributed by atoms with Crippen LogP contribution >= 0.6 is 11.3 Å². The zero-order chi connectivity index (χ0) is 12.1. The van der Waals surface area contributed by atoms with E-state index < -0.39 is 0 Å². The molecule has 1 unspecified atom stereocenters. The molecule has 0 saturated carbocycles. The van der Waals surface area contributed by atoms with Crippen molar-refractivity contribution in [1.29, 1.82) is 0 Å². The maximum Gasteiger partial charge on any atom is 0.238 e. The summed E-state index contributed by atoms with van der Waals surface area (Å²) in [6.45, 7) is 4.63. The summed E-state index contributed by atoms with van der Waals surface area (Å²) in [4.78, 5) is 13.7. The summed E-state index contributed by atoms with van der Waals surface area (Å²) in [6.07, 6.45) is 0.942. The van der Waals surface area contributed by atoms with Crippen molar-refractivity contribution in [1.82, 2.24) is 10.2 Å². The molecule has 94 valence electrons. The topological polar surface area (TPSA) is 41.6 Å². The molecule has 0 spiro atoms. The van der Waals surface area contributed by atoms with Gasteiger partial charge in [0.15, 0.2) is 0 Å². The third kappa shape index (κ3) is 3.06. The number of carbonyl (C=O) groups is 1. The highest BCUT2D eigenvalue weighted by Crippen LogP contribution is 2.24. The highest BCUT2D eigenvalue weighted by molar-refractivity contribution is 7.07. The molecular formula is C12H18N2O2S. The lowest BCUT2D eigenvalue weighted by Crippen LogP contribution is -2.31. The van der Waals surface area contributed by atoms with Crippen LogP contribution in [0, 0.1) is 0 Å². The minimum absolute atomic E-state index is 0.0513. The second kappa shape index (κ2) is 6.14. The third-order valence-electron chi connectivity index (χ3n) is 2.83. The molecule has 17 heavy (non-hydrogen) atoms. The van der Waals surface area contributed by atoms with Gasteiger partial charge in [-0.05, 0) is 35.7 Å². The summed E-state index contributed by atoms with van der Waals surface area (Å²) >= 11 is 1.66. The second-order valence-electron chi connectivity index (χ2n) is 3.98. The number of amides is 1. The first-order valence-electron chi connectivity index (χ1n) is 5.95. The van der Waals surface area contributed by atoms with E-state index in [1.807, 2.05) is 17.2 Å². The van der Waals surface area contributed by atoms with Crippen LogP contribution in [0.1, 0.15) is 25.1 Å². The number of ether oxygens (including phenoxy) is 1. The summed E-state index contributed by atoms with van der Waals surface area (Å²) < 4.78 is 5.30. The number of nitrogens with one attached hydrogen (secondary N) is 1. The van der Waals surface area contributed by atoms with Crippen LogP contribution in [0.25, 0.3) is 0 Å². The first-order valence-corrected chi connectivity index (χ1v) is 6.90. The van der Waals surface area contributed by atoms with Crippen molar-refractivity contribution in [3.8, 4) is 0 Å². The van der Waals surface area contributed by atoms with Crippen LogP contribution in [-0.2, 0) is 9.53 Å². The molecule has 1 aromatic rings. The molecule has 1 N–H and O–H groups in total. The molecule has 1 saturated heterocycles. The fraction of sp³-hybridized carbons (Fsp3) is 0.583. The van der Waals surface area contributed by atoms with E-state index in [4.69, 9.17) is 4.74 Å². The predicted octanol–water partition coefficient (Wildman–Crippen LogP) is 1.61. The molecule has 1 amide bonds. The van der Waals surface area contributed by atoms with Crippen LogP contribution in [0.15, 0.2) is 16.8 Å². The zero-order valence-corrected chi connectivity index (χ0v) is 10.8. The highest BCUT2D eigenvalue weighted by atomic mass is 32.1. The van der Waals surface area contributed by atoms with E-state index in [1.165, 1.54) is 5.56 Å². The molecular weight excluding hydrogens is 236 g/mol. The van der Waals surface area contributed by atoms with Gasteiger partial charge in [0.1, 0.15) is 6.17 Å². The van der Waals surface area contributed by atoms with Gasteiger partial charge in [0.05, 0.1) is 6.54 Å². The summed E-state index contributed by atoms with van der Waals surface area (Å²) in [7, 11) is 0. The number of thiophene rings is 1. The third-order valence-corrected chi connectivity index (χ3v) is 3.53. The zero-order valence-electron chi connectivity index (χ0n) is 10.0. The maximum absolute atomic E-state index is 11.8. The average Bonchev–Trinajstić information content (AvgIpc) is 2.94. The van der Waals surface area contributed by atoms with Gasteiger partial charge in [-0.3, -0.25) is 10.1 Å². The van der Waals surface area contributed by atoms with Crippen LogP contribution < -0.4 is 5.32 Å². The molecule has 2 rings (SSSR count). The van der Waals surface area contributed by atoms with Gasteiger partial charge in [-0.25, -0.2) is 0 Å². The predicted molar refractivity (Wildman–Crippen MR) is 67.9 cm³/mol. The molecule has 5 heteroatoms. The lowest BCUT2D eigenvalue weighted by Gasteiger charge is -2.23. The number of hydrogen-bond donors (Lipinski definition) is 1. The maximum atomic E-state index is 11.8. The molecule has 1 aromatic heterocycles. The van der Waals surface area contributed by atoms with Crippen molar-refractivity contribution in [2.45, 2.75) is 19.5 Å². The number of carbonyl (C=O) groups excluding carboxylic acids is 1. The molecule has 0 bridgehead atoms. The van der Waals surface area contributed by atoms with Crippen LogP contribution in [-0.4, -0.2) is 37.1 Å². The fourth-order valence-electron chi connectivity index (χ4n) is 2.00. The van der Waals surface area contributed by atoms with Gasteiger partial charge in [-0.2, -0.15) is 11.3 Å². The van der Waals surface area contributed by atoms with Gasteiger partial charge < -0.3 is 9.64 Å². The lowest BCUT2D eigenvalue weighted by atomic mass is 10.2. The van der Waals surface area contributed by atoms with Crippen molar-refractivity contribution in [3.63, 3.8) is 0 Å². The van der Waals surface area contributed by atoms with E-state index in [1.54, 1.807) is 11.3 Å². The molecule has 0 aliphatic carbocycles. The molecule has 2 heterocycles. The van der Waals surface area contributed by atoms with Crippen molar-refractivity contribution >= 4 is 17.2 Å². The minimum Gasteiger partial charge on any atom is -0.382 e. The van der Waals surface area contributed by atoms with Gasteiger partial charge in [0.25, 0.3) is 0 Å². The average molecular weight is 254 g/mol. The van der Waals surface area contributed by atoms with Gasteiger partial charge in [0.2, 0.25) is 5.91 Å². The Bertz CT molecular complexity index is 353. The Morgan fingerprint density at radius 1 is 1.65 bits per heavy atom. The molecule has 1 aliphatic heterocycles. The standard InChI is InChI=1S/C12H18N2O2S/c1-2-16-6-3-5-14-11(15)8-13-12(14)10-4-7-17-9-10/h4,7,9,12-13H,2-3,5-6,8H2,1H3. The summed E-state index contributed by atoms with van der Waals surface area (Å²) in [5.74, 6) is 0.178. The molecule has 1 fully saturated rings. The number of hydrogen-bond acceptors (Lipinski definition) is 4. The Hall–Kier alpha value is -0.910. The largest absolute Gasteiger partial charge is 0.382 e.